The Morgan fingerprint density at radius 1 is 1.50 bits per heavy atom. The first-order valence-corrected chi connectivity index (χ1v) is 3.47. The molecule has 10 heavy (non-hydrogen) atoms. The molecule has 0 saturated heterocycles. The number of aliphatic hydroxyl groups excluding tert-OH is 1. The summed E-state index contributed by atoms with van der Waals surface area (Å²) >= 11 is 0. The fourth-order valence-corrected chi connectivity index (χ4v) is 0.859. The molecule has 1 rings (SSSR count). The molecule has 0 aromatic heterocycles. The topological polar surface area (TPSA) is 55.5 Å². The third-order valence-corrected chi connectivity index (χ3v) is 1.57. The molecule has 0 bridgehead atoms. The van der Waals surface area contributed by atoms with E-state index in [1.165, 1.54) is 0 Å². The summed E-state index contributed by atoms with van der Waals surface area (Å²) in [7, 11) is 0. The first-order valence-electron chi connectivity index (χ1n) is 3.47. The van der Waals surface area contributed by atoms with Gasteiger partial charge in [0.25, 0.3) is 0 Å². The van der Waals surface area contributed by atoms with Crippen molar-refractivity contribution in [3.63, 3.8) is 0 Å². The predicted molar refractivity (Wildman–Crippen MR) is 38.6 cm³/mol. The number of hydrogen-bond donors (Lipinski definition) is 2. The van der Waals surface area contributed by atoms with E-state index in [1.54, 1.807) is 0 Å². The maximum Gasteiger partial charge on any atom is 0.0927 e. The standard InChI is InChI=1S/C7H13NO2/c8-6-3-1-2-4-10-5-7(6)9/h1-2,6-7,9H,3-5,8H2/b2-1-/t6-,7?/m0/s1. The molecule has 0 amide bonds. The molecule has 1 aliphatic rings. The lowest BCUT2D eigenvalue weighted by Gasteiger charge is -2.18. The smallest absolute Gasteiger partial charge is 0.0927 e. The van der Waals surface area contributed by atoms with Gasteiger partial charge in [0.05, 0.1) is 19.3 Å². The van der Waals surface area contributed by atoms with Gasteiger partial charge in [-0.1, -0.05) is 12.2 Å². The quantitative estimate of drug-likeness (QED) is 0.456. The van der Waals surface area contributed by atoms with Crippen LogP contribution in [-0.2, 0) is 4.74 Å². The van der Waals surface area contributed by atoms with Gasteiger partial charge in [0.1, 0.15) is 0 Å². The van der Waals surface area contributed by atoms with E-state index in [9.17, 15) is 5.11 Å². The molecule has 1 unspecified atom stereocenters. The summed E-state index contributed by atoms with van der Waals surface area (Å²) in [6, 6.07) is -0.170. The van der Waals surface area contributed by atoms with Crippen molar-refractivity contribution in [2.45, 2.75) is 18.6 Å². The Balaban J connectivity index is 2.41. The minimum absolute atomic E-state index is 0.170. The van der Waals surface area contributed by atoms with Crippen molar-refractivity contribution in [2.75, 3.05) is 13.2 Å². The second-order valence-electron chi connectivity index (χ2n) is 2.48. The summed E-state index contributed by atoms with van der Waals surface area (Å²) in [6.07, 6.45) is 4.09. The van der Waals surface area contributed by atoms with E-state index >= 15 is 0 Å². The minimum atomic E-state index is -0.509. The fourth-order valence-electron chi connectivity index (χ4n) is 0.859. The lowest BCUT2D eigenvalue weighted by Crippen LogP contribution is -2.38. The van der Waals surface area contributed by atoms with Crippen molar-refractivity contribution < 1.29 is 9.84 Å². The Kier molecular flexibility index (Phi) is 2.86. The minimum Gasteiger partial charge on any atom is -0.389 e. The van der Waals surface area contributed by atoms with Crippen LogP contribution in [-0.4, -0.2) is 30.5 Å². The molecule has 0 spiro atoms. The zero-order valence-corrected chi connectivity index (χ0v) is 5.86. The van der Waals surface area contributed by atoms with E-state index in [2.05, 4.69) is 0 Å². The second-order valence-corrected chi connectivity index (χ2v) is 2.48. The van der Waals surface area contributed by atoms with Gasteiger partial charge in [0.2, 0.25) is 0 Å². The van der Waals surface area contributed by atoms with Crippen LogP contribution < -0.4 is 5.73 Å². The Morgan fingerprint density at radius 3 is 3.10 bits per heavy atom. The molecule has 1 aliphatic heterocycles. The van der Waals surface area contributed by atoms with Crippen LogP contribution in [0.5, 0.6) is 0 Å². The zero-order chi connectivity index (χ0) is 7.40. The van der Waals surface area contributed by atoms with Gasteiger partial charge in [0.15, 0.2) is 0 Å². The fraction of sp³-hybridized carbons (Fsp3) is 0.714. The molecule has 0 fully saturated rings. The lowest BCUT2D eigenvalue weighted by atomic mass is 10.1. The van der Waals surface area contributed by atoms with E-state index < -0.39 is 6.10 Å². The normalized spacial score (nSPS) is 38.2. The number of ether oxygens (including phenoxy) is 1. The second kappa shape index (κ2) is 3.71. The lowest BCUT2D eigenvalue weighted by molar-refractivity contribution is 0.0320. The van der Waals surface area contributed by atoms with Crippen LogP contribution >= 0.6 is 0 Å². The number of aliphatic hydroxyl groups is 1. The van der Waals surface area contributed by atoms with Crippen molar-refractivity contribution in [3.05, 3.63) is 12.2 Å². The van der Waals surface area contributed by atoms with Gasteiger partial charge in [-0.05, 0) is 6.42 Å². The van der Waals surface area contributed by atoms with Crippen LogP contribution in [0.25, 0.3) is 0 Å². The Morgan fingerprint density at radius 2 is 2.30 bits per heavy atom. The van der Waals surface area contributed by atoms with E-state index in [0.29, 0.717) is 13.2 Å². The highest BCUT2D eigenvalue weighted by molar-refractivity contribution is 4.89. The molecular formula is C7H13NO2. The Hall–Kier alpha value is -0.380. The predicted octanol–water partition coefficient (Wildman–Crippen LogP) is -0.349. The van der Waals surface area contributed by atoms with Crippen molar-refractivity contribution in [2.24, 2.45) is 5.73 Å². The van der Waals surface area contributed by atoms with Crippen LogP contribution in [0.3, 0.4) is 0 Å². The summed E-state index contributed by atoms with van der Waals surface area (Å²) in [5.74, 6) is 0. The van der Waals surface area contributed by atoms with Gasteiger partial charge < -0.3 is 15.6 Å². The summed E-state index contributed by atoms with van der Waals surface area (Å²) in [4.78, 5) is 0. The molecule has 0 radical (unpaired) electrons. The highest BCUT2D eigenvalue weighted by Gasteiger charge is 2.13. The van der Waals surface area contributed by atoms with Gasteiger partial charge in [-0.2, -0.15) is 0 Å². The average Bonchev–Trinajstić information content (AvgIpc) is 1.92. The average molecular weight is 143 g/mol. The summed E-state index contributed by atoms with van der Waals surface area (Å²) in [6.45, 7) is 0.940. The van der Waals surface area contributed by atoms with Gasteiger partial charge >= 0.3 is 0 Å². The maximum atomic E-state index is 9.20. The van der Waals surface area contributed by atoms with Crippen LogP contribution in [0.1, 0.15) is 6.42 Å². The molecular weight excluding hydrogens is 130 g/mol. The van der Waals surface area contributed by atoms with Crippen LogP contribution in [0.2, 0.25) is 0 Å². The van der Waals surface area contributed by atoms with Crippen LogP contribution in [0.4, 0.5) is 0 Å². The molecule has 2 atom stereocenters. The third-order valence-electron chi connectivity index (χ3n) is 1.57. The highest BCUT2D eigenvalue weighted by atomic mass is 16.5. The van der Waals surface area contributed by atoms with Crippen LogP contribution in [0.15, 0.2) is 12.2 Å². The van der Waals surface area contributed by atoms with E-state index in [1.807, 2.05) is 12.2 Å². The number of hydrogen-bond acceptors (Lipinski definition) is 3. The first-order chi connectivity index (χ1) is 4.80. The molecule has 3 nitrogen and oxygen atoms in total. The summed E-state index contributed by atoms with van der Waals surface area (Å²) in [5.41, 5.74) is 5.57. The summed E-state index contributed by atoms with van der Waals surface area (Å²) < 4.78 is 5.04. The third kappa shape index (κ3) is 2.10. The molecule has 0 aliphatic carbocycles. The monoisotopic (exact) mass is 143 g/mol. The van der Waals surface area contributed by atoms with E-state index in [0.717, 1.165) is 6.42 Å². The van der Waals surface area contributed by atoms with E-state index in [4.69, 9.17) is 10.5 Å². The van der Waals surface area contributed by atoms with Gasteiger partial charge in [0, 0.05) is 6.04 Å². The Labute approximate surface area is 60.5 Å². The van der Waals surface area contributed by atoms with Crippen molar-refractivity contribution >= 4 is 0 Å². The van der Waals surface area contributed by atoms with Crippen molar-refractivity contribution in [1.82, 2.24) is 0 Å². The zero-order valence-electron chi connectivity index (χ0n) is 5.86. The molecule has 0 aromatic rings. The SMILES string of the molecule is N[C@H]1C/C=C\COCC1O. The van der Waals surface area contributed by atoms with Crippen molar-refractivity contribution in [1.29, 1.82) is 0 Å². The number of nitrogens with two attached hydrogens (primary N) is 1. The summed E-state index contributed by atoms with van der Waals surface area (Å²) in [5, 5.41) is 9.20. The maximum absolute atomic E-state index is 9.20. The van der Waals surface area contributed by atoms with Gasteiger partial charge in [-0.3, -0.25) is 0 Å². The van der Waals surface area contributed by atoms with Crippen LogP contribution in [0, 0.1) is 0 Å². The largest absolute Gasteiger partial charge is 0.389 e. The molecule has 58 valence electrons. The first kappa shape index (κ1) is 7.72. The van der Waals surface area contributed by atoms with Gasteiger partial charge in [-0.25, -0.2) is 0 Å². The van der Waals surface area contributed by atoms with Crippen molar-refractivity contribution in [3.8, 4) is 0 Å². The number of rotatable bonds is 0. The van der Waals surface area contributed by atoms with Gasteiger partial charge in [-0.15, -0.1) is 0 Å². The molecule has 3 heteroatoms. The van der Waals surface area contributed by atoms with E-state index in [-0.39, 0.29) is 6.04 Å². The highest BCUT2D eigenvalue weighted by Crippen LogP contribution is 2.01. The Bertz CT molecular complexity index is 125. The molecule has 0 aromatic carbocycles. The molecule has 3 N–H and O–H groups in total. The molecule has 0 saturated carbocycles. The molecule has 1 heterocycles.